The monoisotopic (exact) mass is 384 g/mol. The molecule has 2 aromatic carbocycles. The molecular weight excluding hydrogens is 360 g/mol. The van der Waals surface area contributed by atoms with E-state index in [2.05, 4.69) is 6.07 Å². The van der Waals surface area contributed by atoms with Gasteiger partial charge in [0.25, 0.3) is 0 Å². The summed E-state index contributed by atoms with van der Waals surface area (Å²) in [5.74, 6) is 0.103. The van der Waals surface area contributed by atoms with E-state index < -0.39 is 0 Å². The van der Waals surface area contributed by atoms with Gasteiger partial charge in [0.15, 0.2) is 0 Å². The molecule has 1 saturated heterocycles. The average molecular weight is 385 g/mol. The first-order valence-corrected chi connectivity index (χ1v) is 9.60. The zero-order chi connectivity index (χ0) is 19.5. The molecule has 1 amide bonds. The molecule has 2 aromatic rings. The standard InChI is InChI=1S/C15H17ClN2O.C7H8O/c16-13-6-1-4-12(10-13)5-2-8-15(19)18-9-3-7-14(18)11-17;8-6-7-4-2-1-3-5-7/h1,4,6,10,14H,2-3,5,7-9H2;1-5,8H,6H2. The van der Waals surface area contributed by atoms with Crippen molar-refractivity contribution in [3.8, 4) is 6.07 Å². The molecule has 1 aliphatic rings. The zero-order valence-corrected chi connectivity index (χ0v) is 16.1. The van der Waals surface area contributed by atoms with E-state index >= 15 is 0 Å². The lowest BCUT2D eigenvalue weighted by Gasteiger charge is -2.19. The second kappa shape index (κ2) is 11.4. The lowest BCUT2D eigenvalue weighted by molar-refractivity contribution is -0.131. The minimum Gasteiger partial charge on any atom is -0.392 e. The van der Waals surface area contributed by atoms with Crippen molar-refractivity contribution in [3.05, 3.63) is 70.7 Å². The Morgan fingerprint density at radius 3 is 2.56 bits per heavy atom. The van der Waals surface area contributed by atoms with Crippen LogP contribution in [0.25, 0.3) is 0 Å². The number of rotatable bonds is 5. The maximum Gasteiger partial charge on any atom is 0.223 e. The number of carbonyl (C=O) groups excluding carboxylic acids is 1. The molecule has 1 heterocycles. The van der Waals surface area contributed by atoms with Gasteiger partial charge in [0.1, 0.15) is 6.04 Å². The molecule has 1 N–H and O–H groups in total. The SMILES string of the molecule is N#CC1CCCN1C(=O)CCCc1cccc(Cl)c1.OCc1ccccc1. The lowest BCUT2D eigenvalue weighted by atomic mass is 10.1. The van der Waals surface area contributed by atoms with E-state index in [0.717, 1.165) is 48.4 Å². The van der Waals surface area contributed by atoms with Gasteiger partial charge in [-0.3, -0.25) is 4.79 Å². The van der Waals surface area contributed by atoms with Crippen LogP contribution in [0.5, 0.6) is 0 Å². The summed E-state index contributed by atoms with van der Waals surface area (Å²) in [5.41, 5.74) is 2.12. The highest BCUT2D eigenvalue weighted by Crippen LogP contribution is 2.19. The summed E-state index contributed by atoms with van der Waals surface area (Å²) in [6, 6.07) is 19.2. The molecule has 0 aromatic heterocycles. The quantitative estimate of drug-likeness (QED) is 0.833. The fourth-order valence-electron chi connectivity index (χ4n) is 3.06. The summed E-state index contributed by atoms with van der Waals surface area (Å²) in [4.78, 5) is 13.7. The maximum atomic E-state index is 12.0. The third kappa shape index (κ3) is 7.05. The van der Waals surface area contributed by atoms with Crippen LogP contribution in [-0.4, -0.2) is 28.5 Å². The number of aliphatic hydroxyl groups is 1. The molecule has 1 atom stereocenters. The molecule has 0 saturated carbocycles. The minimum atomic E-state index is -0.210. The molecule has 1 aliphatic heterocycles. The smallest absolute Gasteiger partial charge is 0.223 e. The van der Waals surface area contributed by atoms with E-state index in [4.69, 9.17) is 22.0 Å². The lowest BCUT2D eigenvalue weighted by Crippen LogP contribution is -2.34. The Balaban J connectivity index is 0.000000273. The third-order valence-corrected chi connectivity index (χ3v) is 4.73. The van der Waals surface area contributed by atoms with E-state index in [9.17, 15) is 4.79 Å². The fraction of sp³-hybridized carbons (Fsp3) is 0.364. The molecule has 1 fully saturated rings. The number of aryl methyl sites for hydroxylation is 1. The number of amides is 1. The van der Waals surface area contributed by atoms with Crippen LogP contribution in [0.3, 0.4) is 0 Å². The van der Waals surface area contributed by atoms with Gasteiger partial charge in [0.05, 0.1) is 12.7 Å². The van der Waals surface area contributed by atoms with Crippen LogP contribution in [-0.2, 0) is 17.8 Å². The van der Waals surface area contributed by atoms with Gasteiger partial charge in [-0.25, -0.2) is 0 Å². The second-order valence-corrected chi connectivity index (χ2v) is 6.94. The summed E-state index contributed by atoms with van der Waals surface area (Å²) >= 11 is 5.92. The zero-order valence-electron chi connectivity index (χ0n) is 15.4. The number of hydrogen-bond acceptors (Lipinski definition) is 3. The summed E-state index contributed by atoms with van der Waals surface area (Å²) in [6.45, 7) is 0.870. The van der Waals surface area contributed by atoms with Gasteiger partial charge >= 0.3 is 0 Å². The van der Waals surface area contributed by atoms with Gasteiger partial charge < -0.3 is 10.0 Å². The summed E-state index contributed by atoms with van der Waals surface area (Å²) in [6.07, 6.45) is 3.91. The van der Waals surface area contributed by atoms with Crippen LogP contribution < -0.4 is 0 Å². The molecular formula is C22H25ClN2O2. The molecule has 0 radical (unpaired) electrons. The van der Waals surface area contributed by atoms with Crippen molar-refractivity contribution in [2.45, 2.75) is 44.8 Å². The average Bonchev–Trinajstić information content (AvgIpc) is 3.18. The van der Waals surface area contributed by atoms with Crippen molar-refractivity contribution < 1.29 is 9.90 Å². The first-order chi connectivity index (χ1) is 13.1. The Morgan fingerprint density at radius 1 is 1.19 bits per heavy atom. The Labute approximate surface area is 166 Å². The van der Waals surface area contributed by atoms with Crippen molar-refractivity contribution in [2.24, 2.45) is 0 Å². The maximum absolute atomic E-state index is 12.0. The number of hydrogen-bond donors (Lipinski definition) is 1. The van der Waals surface area contributed by atoms with Crippen molar-refractivity contribution in [1.29, 1.82) is 5.26 Å². The molecule has 5 heteroatoms. The third-order valence-electron chi connectivity index (χ3n) is 4.49. The highest BCUT2D eigenvalue weighted by Gasteiger charge is 2.27. The first kappa shape index (κ1) is 21.0. The van der Waals surface area contributed by atoms with Gasteiger partial charge in [-0.1, -0.05) is 54.1 Å². The van der Waals surface area contributed by atoms with Gasteiger partial charge in [-0.15, -0.1) is 0 Å². The van der Waals surface area contributed by atoms with Crippen molar-refractivity contribution >= 4 is 17.5 Å². The molecule has 4 nitrogen and oxygen atoms in total. The molecule has 3 rings (SSSR count). The highest BCUT2D eigenvalue weighted by molar-refractivity contribution is 6.30. The summed E-state index contributed by atoms with van der Waals surface area (Å²) in [7, 11) is 0. The van der Waals surface area contributed by atoms with Crippen LogP contribution in [0.15, 0.2) is 54.6 Å². The second-order valence-electron chi connectivity index (χ2n) is 6.50. The Hall–Kier alpha value is -2.35. The van der Waals surface area contributed by atoms with Gasteiger partial charge in [-0.05, 0) is 48.9 Å². The normalized spacial score (nSPS) is 15.6. The van der Waals surface area contributed by atoms with Crippen LogP contribution in [0, 0.1) is 11.3 Å². The van der Waals surface area contributed by atoms with E-state index in [1.165, 1.54) is 0 Å². The van der Waals surface area contributed by atoms with Crippen LogP contribution in [0.4, 0.5) is 0 Å². The van der Waals surface area contributed by atoms with Gasteiger partial charge in [0.2, 0.25) is 5.91 Å². The Kier molecular flexibility index (Phi) is 8.83. The number of likely N-dealkylation sites (tertiary alicyclic amines) is 1. The van der Waals surface area contributed by atoms with Crippen LogP contribution >= 0.6 is 11.6 Å². The number of aliphatic hydroxyl groups excluding tert-OH is 1. The van der Waals surface area contributed by atoms with E-state index in [0.29, 0.717) is 6.42 Å². The largest absolute Gasteiger partial charge is 0.392 e. The first-order valence-electron chi connectivity index (χ1n) is 9.22. The molecule has 142 valence electrons. The van der Waals surface area contributed by atoms with E-state index in [1.807, 2.05) is 54.6 Å². The number of halogens is 1. The number of carbonyl (C=O) groups is 1. The fourth-order valence-corrected chi connectivity index (χ4v) is 3.28. The molecule has 0 bridgehead atoms. The van der Waals surface area contributed by atoms with E-state index in [1.54, 1.807) is 4.90 Å². The van der Waals surface area contributed by atoms with Crippen molar-refractivity contribution in [2.75, 3.05) is 6.54 Å². The number of benzene rings is 2. The van der Waals surface area contributed by atoms with Crippen molar-refractivity contribution in [1.82, 2.24) is 4.90 Å². The van der Waals surface area contributed by atoms with E-state index in [-0.39, 0.29) is 18.6 Å². The van der Waals surface area contributed by atoms with Crippen molar-refractivity contribution in [3.63, 3.8) is 0 Å². The summed E-state index contributed by atoms with van der Waals surface area (Å²) < 4.78 is 0. The van der Waals surface area contributed by atoms with Crippen LogP contribution in [0.2, 0.25) is 5.02 Å². The summed E-state index contributed by atoms with van der Waals surface area (Å²) in [5, 5.41) is 18.2. The molecule has 0 aliphatic carbocycles. The molecule has 1 unspecified atom stereocenters. The van der Waals surface area contributed by atoms with Gasteiger partial charge in [-0.2, -0.15) is 5.26 Å². The highest BCUT2D eigenvalue weighted by atomic mass is 35.5. The number of nitriles is 1. The Bertz CT molecular complexity index is 758. The predicted molar refractivity (Wildman–Crippen MR) is 107 cm³/mol. The Morgan fingerprint density at radius 2 is 1.93 bits per heavy atom. The predicted octanol–water partition coefficient (Wildman–Crippen LogP) is 4.36. The molecule has 0 spiro atoms. The van der Waals surface area contributed by atoms with Crippen LogP contribution in [0.1, 0.15) is 36.8 Å². The number of nitrogens with zero attached hydrogens (tertiary/aromatic N) is 2. The molecule has 27 heavy (non-hydrogen) atoms. The topological polar surface area (TPSA) is 64.3 Å². The minimum absolute atomic E-state index is 0.103. The van der Waals surface area contributed by atoms with Gasteiger partial charge in [0, 0.05) is 18.0 Å².